The number of aliphatic carboxylic acids is 1. The lowest BCUT2D eigenvalue weighted by atomic mass is 10.1. The zero-order valence-electron chi connectivity index (χ0n) is 29.1. The average Bonchev–Trinajstić information content (AvgIpc) is 3.12. The van der Waals surface area contributed by atoms with Crippen LogP contribution in [0, 0.1) is 0 Å². The van der Waals surface area contributed by atoms with Gasteiger partial charge in [-0.25, -0.2) is 9.97 Å². The van der Waals surface area contributed by atoms with Crippen LogP contribution in [0.3, 0.4) is 0 Å². The number of likely N-dealkylation sites (N-methyl/N-ethyl adjacent to an activating group) is 1. The molecule has 2 unspecified atom stereocenters. The topological polar surface area (TPSA) is 246 Å². The zero-order valence-corrected chi connectivity index (χ0v) is 29.9. The molecule has 0 aliphatic rings. The summed E-state index contributed by atoms with van der Waals surface area (Å²) in [5.74, 6) is -2.34. The zero-order chi connectivity index (χ0) is 39.6. The number of alkyl halides is 3. The molecule has 2 atom stereocenters. The summed E-state index contributed by atoms with van der Waals surface area (Å²) in [5.41, 5.74) is 13.7. The standard InChI is InChI=1S/C32H45ClN6O7.C2HF3O2/c1-39(17-14-36-32(44)28-30(34)38-31(35)29(33)37-28,15-2-4-22-6-10-26(11-7-22)45-20-24(42)18-40)16-3-5-23-8-12-27(13-9-23)46-21-25(43)19-41;3-2(4,5)1(6)7/h6-13,24-25,40-43H,2-5,14-21H2,1H3,(H4-,34,35,36,38,44);(H,6,7). The first-order valence-electron chi connectivity index (χ1n) is 16.5. The second-order valence-corrected chi connectivity index (χ2v) is 12.6. The molecule has 0 saturated heterocycles. The third-order valence-electron chi connectivity index (χ3n) is 7.77. The van der Waals surface area contributed by atoms with Crippen molar-refractivity contribution in [1.82, 2.24) is 15.3 Å². The Morgan fingerprint density at radius 2 is 1.28 bits per heavy atom. The van der Waals surface area contributed by atoms with Crippen molar-refractivity contribution in [2.75, 3.05) is 71.1 Å². The fourth-order valence-electron chi connectivity index (χ4n) is 4.79. The molecule has 2 aromatic carbocycles. The summed E-state index contributed by atoms with van der Waals surface area (Å²) in [6.45, 7) is 2.14. The maximum absolute atomic E-state index is 12.8. The molecular weight excluding hydrogens is 729 g/mol. The van der Waals surface area contributed by atoms with E-state index in [2.05, 4.69) is 22.3 Å². The van der Waals surface area contributed by atoms with Crippen LogP contribution in [0.2, 0.25) is 5.15 Å². The number of benzene rings is 2. The lowest BCUT2D eigenvalue weighted by Crippen LogP contribution is -2.50. The van der Waals surface area contributed by atoms with Crippen molar-refractivity contribution in [3.63, 3.8) is 0 Å². The lowest BCUT2D eigenvalue weighted by molar-refractivity contribution is -0.908. The number of halogens is 4. The number of carbonyl (C=O) groups excluding carboxylic acids is 2. The number of anilines is 2. The average molecular weight is 775 g/mol. The van der Waals surface area contributed by atoms with Gasteiger partial charge in [0.15, 0.2) is 22.5 Å². The monoisotopic (exact) mass is 774 g/mol. The molecule has 294 valence electrons. The molecule has 19 heteroatoms. The van der Waals surface area contributed by atoms with Crippen LogP contribution in [0.5, 0.6) is 11.5 Å². The van der Waals surface area contributed by atoms with Crippen LogP contribution in [0.15, 0.2) is 48.5 Å². The van der Waals surface area contributed by atoms with Gasteiger partial charge in [0.2, 0.25) is 0 Å². The summed E-state index contributed by atoms with van der Waals surface area (Å²) >= 11 is 5.95. The second-order valence-electron chi connectivity index (χ2n) is 12.3. The molecule has 3 aromatic rings. The van der Waals surface area contributed by atoms with E-state index in [9.17, 15) is 28.2 Å². The predicted molar refractivity (Wildman–Crippen MR) is 187 cm³/mol. The molecule has 3 rings (SSSR count). The third-order valence-corrected chi connectivity index (χ3v) is 8.05. The van der Waals surface area contributed by atoms with Crippen molar-refractivity contribution in [3.8, 4) is 11.5 Å². The number of aliphatic hydroxyl groups is 4. The number of carbonyl (C=O) groups is 2. The molecule has 0 saturated carbocycles. The molecule has 0 aliphatic carbocycles. The minimum absolute atomic E-state index is 0.0272. The summed E-state index contributed by atoms with van der Waals surface area (Å²) in [4.78, 5) is 29.4. The number of nitrogens with zero attached hydrogens (tertiary/aromatic N) is 3. The molecular formula is C34H46ClF3N6O9. The Labute approximate surface area is 309 Å². The van der Waals surface area contributed by atoms with Crippen LogP contribution >= 0.6 is 11.6 Å². The van der Waals surface area contributed by atoms with Gasteiger partial charge in [0.25, 0.3) is 5.91 Å². The van der Waals surface area contributed by atoms with Gasteiger partial charge in [-0.1, -0.05) is 35.9 Å². The Morgan fingerprint density at radius 1 is 0.849 bits per heavy atom. The van der Waals surface area contributed by atoms with Crippen molar-refractivity contribution in [3.05, 3.63) is 70.5 Å². The molecule has 53 heavy (non-hydrogen) atoms. The van der Waals surface area contributed by atoms with Gasteiger partial charge in [-0.15, -0.1) is 0 Å². The Balaban J connectivity index is 0.00000126. The highest BCUT2D eigenvalue weighted by atomic mass is 35.5. The number of carboxylic acids is 1. The number of aliphatic hydroxyl groups excluding tert-OH is 4. The number of quaternary nitrogens is 1. The molecule has 0 spiro atoms. The van der Waals surface area contributed by atoms with Crippen molar-refractivity contribution >= 4 is 35.1 Å². The number of aryl methyl sites for hydroxylation is 2. The summed E-state index contributed by atoms with van der Waals surface area (Å²) in [5, 5.41) is 48.5. The predicted octanol–water partition coefficient (Wildman–Crippen LogP) is 0.499. The molecule has 0 aliphatic heterocycles. The van der Waals surface area contributed by atoms with Gasteiger partial charge >= 0.3 is 6.18 Å². The number of ether oxygens (including phenoxy) is 2. The maximum Gasteiger partial charge on any atom is 0.430 e. The number of amides is 1. The molecule has 9 N–H and O–H groups in total. The molecule has 0 bridgehead atoms. The summed E-state index contributed by atoms with van der Waals surface area (Å²) < 4.78 is 43.3. The molecule has 1 amide bonds. The maximum atomic E-state index is 12.8. The van der Waals surface area contributed by atoms with Gasteiger partial charge in [-0.05, 0) is 48.2 Å². The minimum Gasteiger partial charge on any atom is -0.542 e. The molecule has 0 fully saturated rings. The normalized spacial score (nSPS) is 13.5. The van der Waals surface area contributed by atoms with Crippen molar-refractivity contribution in [2.24, 2.45) is 0 Å². The highest BCUT2D eigenvalue weighted by Gasteiger charge is 2.29. The number of nitrogen functional groups attached to an aromatic ring is 2. The quantitative estimate of drug-likeness (QED) is 0.0775. The Hall–Kier alpha value is -4.46. The third kappa shape index (κ3) is 16.8. The van der Waals surface area contributed by atoms with Crippen LogP contribution in [0.4, 0.5) is 24.8 Å². The second kappa shape index (κ2) is 21.9. The minimum atomic E-state index is -5.19. The number of hydrogen-bond acceptors (Lipinski definition) is 13. The molecule has 0 radical (unpaired) electrons. The molecule has 1 aromatic heterocycles. The highest BCUT2D eigenvalue weighted by Crippen LogP contribution is 2.19. The van der Waals surface area contributed by atoms with Gasteiger partial charge in [0, 0.05) is 12.8 Å². The first kappa shape index (κ1) is 44.7. The van der Waals surface area contributed by atoms with Crippen molar-refractivity contribution in [2.45, 2.75) is 44.1 Å². The van der Waals surface area contributed by atoms with Crippen LogP contribution in [-0.2, 0) is 17.6 Å². The van der Waals surface area contributed by atoms with Crippen molar-refractivity contribution < 1.29 is 62.2 Å². The first-order valence-corrected chi connectivity index (χ1v) is 16.8. The largest absolute Gasteiger partial charge is 0.542 e. The fourth-order valence-corrected chi connectivity index (χ4v) is 4.92. The van der Waals surface area contributed by atoms with E-state index in [0.29, 0.717) is 29.1 Å². The highest BCUT2D eigenvalue weighted by molar-refractivity contribution is 6.31. The van der Waals surface area contributed by atoms with E-state index in [0.717, 1.165) is 49.9 Å². The number of rotatable bonds is 20. The van der Waals surface area contributed by atoms with Gasteiger partial charge in [0.05, 0.1) is 46.4 Å². The number of nitrogens with one attached hydrogen (secondary N) is 1. The summed E-state index contributed by atoms with van der Waals surface area (Å²) in [6, 6.07) is 15.4. The van der Waals surface area contributed by atoms with Gasteiger partial charge in [-0.3, -0.25) is 4.79 Å². The van der Waals surface area contributed by atoms with E-state index >= 15 is 0 Å². The lowest BCUT2D eigenvalue weighted by Gasteiger charge is -2.35. The van der Waals surface area contributed by atoms with E-state index in [1.54, 1.807) is 0 Å². The van der Waals surface area contributed by atoms with Gasteiger partial charge in [0.1, 0.15) is 42.9 Å². The Kier molecular flexibility index (Phi) is 18.5. The van der Waals surface area contributed by atoms with Crippen LogP contribution < -0.4 is 31.4 Å². The first-order chi connectivity index (χ1) is 25.0. The van der Waals surface area contributed by atoms with E-state index < -0.39 is 30.3 Å². The Bertz CT molecular complexity index is 1510. The smallest absolute Gasteiger partial charge is 0.430 e. The van der Waals surface area contributed by atoms with E-state index in [1.165, 1.54) is 0 Å². The number of hydrogen-bond donors (Lipinski definition) is 7. The Morgan fingerprint density at radius 3 is 1.68 bits per heavy atom. The number of nitrogens with two attached hydrogens (primary N) is 2. The fraction of sp³-hybridized carbons (Fsp3) is 0.471. The number of aromatic nitrogens is 2. The van der Waals surface area contributed by atoms with Crippen LogP contribution in [-0.4, -0.2) is 125 Å². The summed E-state index contributed by atoms with van der Waals surface area (Å²) in [6.07, 6.45) is -3.51. The van der Waals surface area contributed by atoms with E-state index in [-0.39, 0.29) is 48.9 Å². The van der Waals surface area contributed by atoms with Gasteiger partial charge < -0.3 is 61.1 Å². The van der Waals surface area contributed by atoms with E-state index in [4.69, 9.17) is 52.7 Å². The van der Waals surface area contributed by atoms with Crippen LogP contribution in [0.25, 0.3) is 0 Å². The van der Waals surface area contributed by atoms with Gasteiger partial charge in [-0.2, -0.15) is 13.2 Å². The summed E-state index contributed by atoms with van der Waals surface area (Å²) in [7, 11) is 2.17. The van der Waals surface area contributed by atoms with Crippen LogP contribution in [0.1, 0.15) is 34.5 Å². The number of carboxylic acid groups (broad SMARTS) is 1. The molecule has 15 nitrogen and oxygen atoms in total. The SMILES string of the molecule is C[N+](CCCc1ccc(OCC(O)CO)cc1)(CCCc1ccc(OCC(O)CO)cc1)CCNC(=O)c1nc(Cl)c(N)nc1N.O=C([O-])C(F)(F)F. The van der Waals surface area contributed by atoms with Crippen molar-refractivity contribution in [1.29, 1.82) is 0 Å². The molecule has 1 heterocycles. The van der Waals surface area contributed by atoms with E-state index in [1.807, 2.05) is 48.5 Å².